The summed E-state index contributed by atoms with van der Waals surface area (Å²) in [5.74, 6) is -2.22. The third-order valence-corrected chi connectivity index (χ3v) is 5.40. The number of ether oxygens (including phenoxy) is 3. The number of carboxylic acids is 1. The second kappa shape index (κ2) is 11.1. The highest BCUT2D eigenvalue weighted by Crippen LogP contribution is 2.31. The molecule has 0 amide bonds. The van der Waals surface area contributed by atoms with Gasteiger partial charge in [0, 0.05) is 6.08 Å². The zero-order valence-electron chi connectivity index (χ0n) is 17.9. The van der Waals surface area contributed by atoms with Crippen LogP contribution in [0.15, 0.2) is 61.2 Å². The minimum atomic E-state index is -1.01. The summed E-state index contributed by atoms with van der Waals surface area (Å²) in [7, 11) is 0. The van der Waals surface area contributed by atoms with Gasteiger partial charge in [-0.05, 0) is 67.6 Å². The predicted molar refractivity (Wildman–Crippen MR) is 117 cm³/mol. The number of carbonyl (C=O) groups excluding carboxylic acids is 3. The highest BCUT2D eigenvalue weighted by Gasteiger charge is 2.32. The molecule has 0 aromatic heterocycles. The van der Waals surface area contributed by atoms with Crippen LogP contribution in [-0.4, -0.2) is 29.0 Å². The fourth-order valence-electron chi connectivity index (χ4n) is 3.51. The largest absolute Gasteiger partial charge is 0.478 e. The van der Waals surface area contributed by atoms with E-state index in [-0.39, 0.29) is 35.9 Å². The summed E-state index contributed by atoms with van der Waals surface area (Å²) < 4.78 is 15.7. The number of aromatic carboxylic acids is 1. The van der Waals surface area contributed by atoms with Crippen molar-refractivity contribution in [2.24, 2.45) is 11.8 Å². The maximum absolute atomic E-state index is 12.5. The molecular weight excluding hydrogens is 428 g/mol. The summed E-state index contributed by atoms with van der Waals surface area (Å²) >= 11 is 0. The van der Waals surface area contributed by atoms with Gasteiger partial charge in [-0.1, -0.05) is 18.7 Å². The van der Waals surface area contributed by atoms with Crippen molar-refractivity contribution in [3.8, 4) is 11.5 Å². The predicted octanol–water partition coefficient (Wildman–Crippen LogP) is 3.93. The Morgan fingerprint density at radius 3 is 1.85 bits per heavy atom. The fraction of sp³-hybridized carbons (Fsp3) is 0.280. The Kier molecular flexibility index (Phi) is 7.96. The van der Waals surface area contributed by atoms with Crippen LogP contribution in [0.1, 0.15) is 41.6 Å². The highest BCUT2D eigenvalue weighted by atomic mass is 16.5. The van der Waals surface area contributed by atoms with Gasteiger partial charge in [0.15, 0.2) is 0 Å². The molecule has 1 aliphatic rings. The first kappa shape index (κ1) is 23.7. The molecule has 0 atom stereocenters. The van der Waals surface area contributed by atoms with Crippen molar-refractivity contribution < 1.29 is 38.5 Å². The second-order valence-electron chi connectivity index (χ2n) is 7.68. The number of benzene rings is 2. The molecular formula is C25H24O8. The highest BCUT2D eigenvalue weighted by molar-refractivity contribution is 5.87. The molecule has 0 spiro atoms. The van der Waals surface area contributed by atoms with Crippen molar-refractivity contribution in [1.29, 1.82) is 0 Å². The lowest BCUT2D eigenvalue weighted by Gasteiger charge is -2.25. The number of rotatable bonds is 8. The topological polar surface area (TPSA) is 116 Å². The Morgan fingerprint density at radius 1 is 0.818 bits per heavy atom. The smallest absolute Gasteiger partial charge is 0.335 e. The Bertz CT molecular complexity index is 1020. The Morgan fingerprint density at radius 2 is 1.33 bits per heavy atom. The van der Waals surface area contributed by atoms with E-state index in [0.29, 0.717) is 42.7 Å². The van der Waals surface area contributed by atoms with Gasteiger partial charge in [0.25, 0.3) is 0 Å². The van der Waals surface area contributed by atoms with Crippen molar-refractivity contribution >= 4 is 23.9 Å². The summed E-state index contributed by atoms with van der Waals surface area (Å²) in [6, 6.07) is 12.3. The minimum Gasteiger partial charge on any atom is -0.478 e. The third kappa shape index (κ3) is 6.77. The van der Waals surface area contributed by atoms with E-state index in [1.165, 1.54) is 36.4 Å². The van der Waals surface area contributed by atoms with Crippen molar-refractivity contribution in [3.05, 3.63) is 72.3 Å². The molecule has 0 unspecified atom stereocenters. The zero-order valence-corrected chi connectivity index (χ0v) is 17.9. The quantitative estimate of drug-likeness (QED) is 0.364. The number of hydrogen-bond acceptors (Lipinski definition) is 7. The number of esters is 3. The maximum Gasteiger partial charge on any atom is 0.335 e. The van der Waals surface area contributed by atoms with Crippen molar-refractivity contribution in [3.63, 3.8) is 0 Å². The minimum absolute atomic E-state index is 0.0683. The van der Waals surface area contributed by atoms with Gasteiger partial charge in [0.05, 0.1) is 17.4 Å². The standard InChI is InChI=1S/C25H24O8/c1-2-22(26)32-20-11-13-21(14-12-20)33-25(30)19-9-7-18(8-10-19)24(29)31-15-16-3-5-17(6-4-16)23(27)28/h2-6,11-14,18-19H,1,7-10,15H2,(H,27,28). The van der Waals surface area contributed by atoms with Crippen LogP contribution in [0.4, 0.5) is 0 Å². The van der Waals surface area contributed by atoms with Gasteiger partial charge in [-0.3, -0.25) is 9.59 Å². The molecule has 8 heteroatoms. The molecule has 2 aromatic rings. The van der Waals surface area contributed by atoms with Crippen molar-refractivity contribution in [1.82, 2.24) is 0 Å². The summed E-state index contributed by atoms with van der Waals surface area (Å²) in [5.41, 5.74) is 0.873. The van der Waals surface area contributed by atoms with Crippen LogP contribution < -0.4 is 9.47 Å². The van der Waals surface area contributed by atoms with Crippen molar-refractivity contribution in [2.75, 3.05) is 0 Å². The third-order valence-electron chi connectivity index (χ3n) is 5.40. The molecule has 0 aliphatic heterocycles. The van der Waals surface area contributed by atoms with E-state index in [1.54, 1.807) is 12.1 Å². The number of hydrogen-bond donors (Lipinski definition) is 1. The average Bonchev–Trinajstić information content (AvgIpc) is 2.84. The van der Waals surface area contributed by atoms with Crippen molar-refractivity contribution in [2.45, 2.75) is 32.3 Å². The molecule has 1 N–H and O–H groups in total. The van der Waals surface area contributed by atoms with Gasteiger partial charge in [-0.15, -0.1) is 0 Å². The monoisotopic (exact) mass is 452 g/mol. The molecule has 0 bridgehead atoms. The molecule has 1 fully saturated rings. The van der Waals surface area contributed by atoms with Crippen LogP contribution in [0.25, 0.3) is 0 Å². The van der Waals surface area contributed by atoms with E-state index < -0.39 is 11.9 Å². The first-order chi connectivity index (χ1) is 15.9. The molecule has 8 nitrogen and oxygen atoms in total. The molecule has 0 saturated heterocycles. The molecule has 172 valence electrons. The fourth-order valence-corrected chi connectivity index (χ4v) is 3.51. The molecule has 2 aromatic carbocycles. The molecule has 0 radical (unpaired) electrons. The number of carbonyl (C=O) groups is 4. The lowest BCUT2D eigenvalue weighted by Crippen LogP contribution is -2.29. The van der Waals surface area contributed by atoms with E-state index >= 15 is 0 Å². The van der Waals surface area contributed by atoms with Crippen LogP contribution in [0, 0.1) is 11.8 Å². The number of carboxylic acid groups (broad SMARTS) is 1. The van der Waals surface area contributed by atoms with Crippen LogP contribution in [0.5, 0.6) is 11.5 Å². The van der Waals surface area contributed by atoms with E-state index in [9.17, 15) is 19.2 Å². The van der Waals surface area contributed by atoms with Gasteiger partial charge in [0.2, 0.25) is 0 Å². The summed E-state index contributed by atoms with van der Waals surface area (Å²) in [6.07, 6.45) is 3.13. The average molecular weight is 452 g/mol. The molecule has 0 heterocycles. The second-order valence-corrected chi connectivity index (χ2v) is 7.68. The maximum atomic E-state index is 12.5. The van der Waals surface area contributed by atoms with Gasteiger partial charge >= 0.3 is 23.9 Å². The molecule has 33 heavy (non-hydrogen) atoms. The van der Waals surface area contributed by atoms with Gasteiger partial charge in [0.1, 0.15) is 18.1 Å². The van der Waals surface area contributed by atoms with Crippen LogP contribution in [-0.2, 0) is 25.7 Å². The van der Waals surface area contributed by atoms with E-state index in [1.807, 2.05) is 0 Å². The summed E-state index contributed by atoms with van der Waals surface area (Å²) in [6.45, 7) is 3.39. The lowest BCUT2D eigenvalue weighted by atomic mass is 9.82. The van der Waals surface area contributed by atoms with E-state index in [4.69, 9.17) is 19.3 Å². The Labute approximate surface area is 190 Å². The zero-order chi connectivity index (χ0) is 23.8. The first-order valence-electron chi connectivity index (χ1n) is 10.5. The molecule has 1 saturated carbocycles. The SMILES string of the molecule is C=CC(=O)Oc1ccc(OC(=O)C2CCC(C(=O)OCc3ccc(C(=O)O)cc3)CC2)cc1. The van der Waals surface area contributed by atoms with E-state index in [2.05, 4.69) is 6.58 Å². The summed E-state index contributed by atoms with van der Waals surface area (Å²) in [5, 5.41) is 8.92. The van der Waals surface area contributed by atoms with Crippen LogP contribution in [0.3, 0.4) is 0 Å². The van der Waals surface area contributed by atoms with Crippen LogP contribution in [0.2, 0.25) is 0 Å². The van der Waals surface area contributed by atoms with Gasteiger partial charge < -0.3 is 19.3 Å². The molecule has 1 aliphatic carbocycles. The van der Waals surface area contributed by atoms with E-state index in [0.717, 1.165) is 6.08 Å². The summed E-state index contributed by atoms with van der Waals surface area (Å²) in [4.78, 5) is 46.9. The van der Waals surface area contributed by atoms with Gasteiger partial charge in [-0.2, -0.15) is 0 Å². The first-order valence-corrected chi connectivity index (χ1v) is 10.5. The lowest BCUT2D eigenvalue weighted by molar-refractivity contribution is -0.153. The Hall–Kier alpha value is -3.94. The van der Waals surface area contributed by atoms with Crippen LogP contribution >= 0.6 is 0 Å². The molecule has 3 rings (SSSR count). The van der Waals surface area contributed by atoms with Gasteiger partial charge in [-0.25, -0.2) is 9.59 Å². The normalized spacial score (nSPS) is 17.5. The Balaban J connectivity index is 1.42.